The Morgan fingerprint density at radius 3 is 2.10 bits per heavy atom. The average molecular weight is 518 g/mol. The minimum absolute atomic E-state index is 0.185. The summed E-state index contributed by atoms with van der Waals surface area (Å²) >= 11 is 7.60. The van der Waals surface area contributed by atoms with Crippen molar-refractivity contribution in [2.45, 2.75) is 0 Å². The maximum absolute atomic E-state index is 12.4. The van der Waals surface area contributed by atoms with E-state index in [0.29, 0.717) is 16.5 Å². The smallest absolute Gasteiger partial charge is 0.269 e. The van der Waals surface area contributed by atoms with E-state index in [1.54, 1.807) is 36.3 Å². The van der Waals surface area contributed by atoms with Gasteiger partial charge in [0.1, 0.15) is 11.5 Å². The Labute approximate surface area is 188 Å². The minimum Gasteiger partial charge on any atom is -0.497 e. The van der Waals surface area contributed by atoms with Gasteiger partial charge in [-0.15, -0.1) is 0 Å². The van der Waals surface area contributed by atoms with Crippen LogP contribution in [0.1, 0.15) is 10.4 Å². The van der Waals surface area contributed by atoms with Crippen molar-refractivity contribution >= 4 is 57.3 Å². The molecule has 0 atom stereocenters. The quantitative estimate of drug-likeness (QED) is 0.365. The first-order valence-electron chi connectivity index (χ1n) is 8.73. The van der Waals surface area contributed by atoms with Gasteiger partial charge in [0.15, 0.2) is 0 Å². The second kappa shape index (κ2) is 9.71. The van der Waals surface area contributed by atoms with Crippen molar-refractivity contribution in [1.29, 1.82) is 0 Å². The summed E-state index contributed by atoms with van der Waals surface area (Å²) in [6.45, 7) is 0. The van der Waals surface area contributed by atoms with Crippen molar-refractivity contribution in [3.05, 3.63) is 81.9 Å². The predicted molar refractivity (Wildman–Crippen MR) is 128 cm³/mol. The van der Waals surface area contributed by atoms with Crippen LogP contribution in [0.15, 0.2) is 72.8 Å². The fourth-order valence-electron chi connectivity index (χ4n) is 2.49. The summed E-state index contributed by atoms with van der Waals surface area (Å²) in [6.07, 6.45) is 0. The third-order valence-electron chi connectivity index (χ3n) is 4.16. The van der Waals surface area contributed by atoms with Crippen molar-refractivity contribution in [2.24, 2.45) is 0 Å². The molecule has 148 valence electrons. The number of anilines is 2. The molecule has 3 aromatic carbocycles. The van der Waals surface area contributed by atoms with Crippen LogP contribution in [0.5, 0.6) is 11.5 Å². The summed E-state index contributed by atoms with van der Waals surface area (Å²) in [5.41, 5.74) is 2.16. The van der Waals surface area contributed by atoms with Gasteiger partial charge in [-0.2, -0.15) is 0 Å². The Bertz CT molecular complexity index is 990. The van der Waals surface area contributed by atoms with E-state index in [1.807, 2.05) is 55.6 Å². The van der Waals surface area contributed by atoms with Gasteiger partial charge in [-0.25, -0.2) is 0 Å². The molecule has 0 aliphatic rings. The summed E-state index contributed by atoms with van der Waals surface area (Å²) in [4.78, 5) is 14.1. The number of ether oxygens (including phenoxy) is 2. The summed E-state index contributed by atoms with van der Waals surface area (Å²) in [6, 6.07) is 22.0. The van der Waals surface area contributed by atoms with E-state index >= 15 is 0 Å². The summed E-state index contributed by atoms with van der Waals surface area (Å²) < 4.78 is 12.0. The van der Waals surface area contributed by atoms with Crippen LogP contribution in [0.4, 0.5) is 11.4 Å². The van der Waals surface area contributed by atoms with Gasteiger partial charge < -0.3 is 19.7 Å². The number of carbonyl (C=O) groups is 1. The second-order valence-electron chi connectivity index (χ2n) is 6.11. The lowest BCUT2D eigenvalue weighted by Gasteiger charge is -2.20. The van der Waals surface area contributed by atoms with Crippen LogP contribution in [-0.2, 0) is 0 Å². The van der Waals surface area contributed by atoms with E-state index < -0.39 is 0 Å². The number of rotatable bonds is 5. The van der Waals surface area contributed by atoms with Crippen molar-refractivity contribution in [1.82, 2.24) is 0 Å². The first-order chi connectivity index (χ1) is 14.0. The lowest BCUT2D eigenvalue weighted by molar-refractivity contribution is 0.102. The third-order valence-corrected chi connectivity index (χ3v) is 5.23. The monoisotopic (exact) mass is 518 g/mol. The molecule has 0 fully saturated rings. The molecule has 0 heterocycles. The number of nitrogens with one attached hydrogen (secondary N) is 1. The molecule has 0 saturated carbocycles. The second-order valence-corrected chi connectivity index (χ2v) is 7.71. The maximum Gasteiger partial charge on any atom is 0.269 e. The number of carbonyl (C=O) groups excluding carboxylic acids is 1. The molecule has 0 spiro atoms. The molecule has 3 rings (SSSR count). The number of hydrogen-bond acceptors (Lipinski definition) is 4. The number of thiocarbonyl (C=S) groups is 1. The van der Waals surface area contributed by atoms with E-state index in [0.717, 1.165) is 20.7 Å². The van der Waals surface area contributed by atoms with Crippen molar-refractivity contribution in [3.8, 4) is 11.5 Å². The largest absolute Gasteiger partial charge is 0.497 e. The van der Waals surface area contributed by atoms with Crippen LogP contribution in [0.3, 0.4) is 0 Å². The van der Waals surface area contributed by atoms with Crippen molar-refractivity contribution < 1.29 is 14.3 Å². The Balaban J connectivity index is 1.61. The Morgan fingerprint density at radius 2 is 1.52 bits per heavy atom. The van der Waals surface area contributed by atoms with Gasteiger partial charge >= 0.3 is 0 Å². The molecule has 0 bridgehead atoms. The number of amides is 1. The van der Waals surface area contributed by atoms with Crippen LogP contribution in [0.25, 0.3) is 0 Å². The molecular formula is C22H19IN2O3S. The molecule has 5 nitrogen and oxygen atoms in total. The average Bonchev–Trinajstić information content (AvgIpc) is 2.75. The third kappa shape index (κ3) is 5.68. The number of methoxy groups -OCH3 is 1. The van der Waals surface area contributed by atoms with E-state index in [1.165, 1.54) is 0 Å². The molecule has 0 unspecified atom stereocenters. The van der Waals surface area contributed by atoms with E-state index in [-0.39, 0.29) is 5.91 Å². The molecule has 0 saturated heterocycles. The molecule has 7 heteroatoms. The van der Waals surface area contributed by atoms with E-state index in [2.05, 4.69) is 27.9 Å². The molecule has 0 aliphatic heterocycles. The molecule has 3 aromatic rings. The number of hydrogen-bond donors (Lipinski definition) is 1. The van der Waals surface area contributed by atoms with Gasteiger partial charge in [-0.05, 0) is 108 Å². The highest BCUT2D eigenvalue weighted by Crippen LogP contribution is 2.21. The number of benzene rings is 3. The fourth-order valence-corrected chi connectivity index (χ4v) is 3.05. The SMILES string of the molecule is COc1ccc(N(C)C(=S)Oc2ccc(C(=O)Nc3ccc(I)cc3)cc2)cc1. The van der Waals surface area contributed by atoms with Gasteiger partial charge in [0, 0.05) is 27.6 Å². The van der Waals surface area contributed by atoms with Gasteiger partial charge in [0.2, 0.25) is 0 Å². The normalized spacial score (nSPS) is 10.2. The zero-order valence-electron chi connectivity index (χ0n) is 15.9. The van der Waals surface area contributed by atoms with Crippen molar-refractivity contribution in [2.75, 3.05) is 24.4 Å². The Hall–Kier alpha value is -2.65. The molecule has 0 aliphatic carbocycles. The molecule has 1 N–H and O–H groups in total. The standard InChI is InChI=1S/C22H19IN2O3S/c1-25(18-9-13-19(27-2)14-10-18)22(29)28-20-11-3-15(4-12-20)21(26)24-17-7-5-16(23)6-8-17/h3-14H,1-2H3,(H,24,26). The first-order valence-corrected chi connectivity index (χ1v) is 10.2. The number of nitrogens with zero attached hydrogens (tertiary/aromatic N) is 1. The minimum atomic E-state index is -0.185. The van der Waals surface area contributed by atoms with Crippen LogP contribution in [0, 0.1) is 3.57 Å². The lowest BCUT2D eigenvalue weighted by atomic mass is 10.2. The molecule has 29 heavy (non-hydrogen) atoms. The fraction of sp³-hybridized carbons (Fsp3) is 0.0909. The first kappa shape index (κ1) is 21.1. The summed E-state index contributed by atoms with van der Waals surface area (Å²) in [5, 5.41) is 3.16. The number of halogens is 1. The van der Waals surface area contributed by atoms with E-state index in [9.17, 15) is 4.79 Å². The Morgan fingerprint density at radius 1 is 0.931 bits per heavy atom. The lowest BCUT2D eigenvalue weighted by Crippen LogP contribution is -2.29. The zero-order valence-corrected chi connectivity index (χ0v) is 18.9. The van der Waals surface area contributed by atoms with Crippen LogP contribution in [0.2, 0.25) is 0 Å². The zero-order chi connectivity index (χ0) is 20.8. The topological polar surface area (TPSA) is 50.8 Å². The molecular weight excluding hydrogens is 499 g/mol. The van der Waals surface area contributed by atoms with E-state index in [4.69, 9.17) is 21.7 Å². The Kier molecular flexibility index (Phi) is 7.05. The highest BCUT2D eigenvalue weighted by atomic mass is 127. The molecule has 0 radical (unpaired) electrons. The van der Waals surface area contributed by atoms with Gasteiger partial charge in [-0.3, -0.25) is 4.79 Å². The van der Waals surface area contributed by atoms with Gasteiger partial charge in [0.05, 0.1) is 7.11 Å². The van der Waals surface area contributed by atoms with Crippen molar-refractivity contribution in [3.63, 3.8) is 0 Å². The highest BCUT2D eigenvalue weighted by Gasteiger charge is 2.11. The molecule has 0 aromatic heterocycles. The van der Waals surface area contributed by atoms with Gasteiger partial charge in [-0.1, -0.05) is 0 Å². The van der Waals surface area contributed by atoms with Crippen LogP contribution in [-0.4, -0.2) is 25.2 Å². The maximum atomic E-state index is 12.4. The van der Waals surface area contributed by atoms with Crippen LogP contribution >= 0.6 is 34.8 Å². The highest BCUT2D eigenvalue weighted by molar-refractivity contribution is 14.1. The van der Waals surface area contributed by atoms with Gasteiger partial charge in [0.25, 0.3) is 11.1 Å². The summed E-state index contributed by atoms with van der Waals surface area (Å²) in [7, 11) is 3.45. The predicted octanol–water partition coefficient (Wildman–Crippen LogP) is 5.35. The summed E-state index contributed by atoms with van der Waals surface area (Å²) in [5.74, 6) is 1.14. The van der Waals surface area contributed by atoms with Crippen LogP contribution < -0.4 is 19.7 Å². The molecule has 1 amide bonds.